The highest BCUT2D eigenvalue weighted by molar-refractivity contribution is 7.90. The van der Waals surface area contributed by atoms with Gasteiger partial charge in [0.1, 0.15) is 0 Å². The Kier molecular flexibility index (Phi) is 5.09. The topological polar surface area (TPSA) is 37.4 Å². The van der Waals surface area contributed by atoms with Gasteiger partial charge in [0.15, 0.2) is 9.84 Å². The van der Waals surface area contributed by atoms with Gasteiger partial charge in [-0.25, -0.2) is 8.42 Å². The molecule has 0 amide bonds. The Morgan fingerprint density at radius 3 is 2.29 bits per heavy atom. The van der Waals surface area contributed by atoms with Crippen LogP contribution in [0.15, 0.2) is 41.3 Å². The lowest BCUT2D eigenvalue weighted by Gasteiger charge is -2.24. The van der Waals surface area contributed by atoms with Crippen LogP contribution in [0.5, 0.6) is 0 Å². The minimum absolute atomic E-state index is 0.194. The third-order valence-electron chi connectivity index (χ3n) is 3.49. The molecule has 21 heavy (non-hydrogen) atoms. The standard InChI is InChI=1S/C15H18ClNO2S2/c1-11(17(2)10-13-6-9-15(16)20-13)12-4-7-14(8-5-12)21(3,18)19/h4-9,11H,10H2,1-3H3. The van der Waals surface area contributed by atoms with Gasteiger partial charge in [-0.2, -0.15) is 0 Å². The van der Waals surface area contributed by atoms with E-state index in [1.807, 2.05) is 31.3 Å². The van der Waals surface area contributed by atoms with Gasteiger partial charge in [0, 0.05) is 23.7 Å². The maximum atomic E-state index is 11.5. The van der Waals surface area contributed by atoms with E-state index in [0.29, 0.717) is 4.90 Å². The molecule has 0 aliphatic carbocycles. The summed E-state index contributed by atoms with van der Waals surface area (Å²) < 4.78 is 23.7. The Labute approximate surface area is 135 Å². The third-order valence-corrected chi connectivity index (χ3v) is 5.83. The molecule has 2 aromatic rings. The number of hydrogen-bond donors (Lipinski definition) is 0. The fraction of sp³-hybridized carbons (Fsp3) is 0.333. The molecule has 0 spiro atoms. The average molecular weight is 344 g/mol. The first kappa shape index (κ1) is 16.5. The second kappa shape index (κ2) is 6.48. The van der Waals surface area contributed by atoms with Crippen molar-refractivity contribution in [2.75, 3.05) is 13.3 Å². The summed E-state index contributed by atoms with van der Waals surface area (Å²) in [5.41, 5.74) is 1.09. The molecule has 0 bridgehead atoms. The summed E-state index contributed by atoms with van der Waals surface area (Å²) in [5.74, 6) is 0. The van der Waals surface area contributed by atoms with E-state index in [4.69, 9.17) is 11.6 Å². The van der Waals surface area contributed by atoms with Gasteiger partial charge in [0.25, 0.3) is 0 Å². The van der Waals surface area contributed by atoms with Gasteiger partial charge in [-0.3, -0.25) is 4.90 Å². The van der Waals surface area contributed by atoms with E-state index >= 15 is 0 Å². The van der Waals surface area contributed by atoms with Crippen molar-refractivity contribution in [3.05, 3.63) is 51.2 Å². The lowest BCUT2D eigenvalue weighted by molar-refractivity contribution is 0.255. The molecular weight excluding hydrogens is 326 g/mol. The molecular formula is C15H18ClNO2S2. The molecule has 0 saturated carbocycles. The van der Waals surface area contributed by atoms with Crippen molar-refractivity contribution in [2.24, 2.45) is 0 Å². The zero-order valence-electron chi connectivity index (χ0n) is 12.2. The van der Waals surface area contributed by atoms with Crippen LogP contribution in [0, 0.1) is 0 Å². The predicted molar refractivity (Wildman–Crippen MR) is 88.8 cm³/mol. The zero-order valence-corrected chi connectivity index (χ0v) is 14.6. The van der Waals surface area contributed by atoms with Gasteiger partial charge >= 0.3 is 0 Å². The highest BCUT2D eigenvalue weighted by atomic mass is 35.5. The van der Waals surface area contributed by atoms with E-state index in [2.05, 4.69) is 11.8 Å². The van der Waals surface area contributed by atoms with E-state index in [1.54, 1.807) is 23.5 Å². The van der Waals surface area contributed by atoms with E-state index in [0.717, 1.165) is 16.4 Å². The number of benzene rings is 1. The molecule has 1 atom stereocenters. The largest absolute Gasteiger partial charge is 0.295 e. The summed E-state index contributed by atoms with van der Waals surface area (Å²) in [4.78, 5) is 3.77. The maximum Gasteiger partial charge on any atom is 0.175 e. The number of hydrogen-bond acceptors (Lipinski definition) is 4. The Morgan fingerprint density at radius 1 is 1.19 bits per heavy atom. The predicted octanol–water partition coefficient (Wildman–Crippen LogP) is 4.00. The van der Waals surface area contributed by atoms with Crippen molar-refractivity contribution in [1.82, 2.24) is 4.90 Å². The van der Waals surface area contributed by atoms with Gasteiger partial charge in [0.2, 0.25) is 0 Å². The lowest BCUT2D eigenvalue weighted by atomic mass is 10.1. The lowest BCUT2D eigenvalue weighted by Crippen LogP contribution is -2.21. The van der Waals surface area contributed by atoms with Gasteiger partial charge in [-0.05, 0) is 43.8 Å². The first-order valence-electron chi connectivity index (χ1n) is 6.52. The van der Waals surface area contributed by atoms with Crippen molar-refractivity contribution >= 4 is 32.8 Å². The first-order valence-corrected chi connectivity index (χ1v) is 9.60. The van der Waals surface area contributed by atoms with Crippen LogP contribution >= 0.6 is 22.9 Å². The molecule has 1 heterocycles. The zero-order chi connectivity index (χ0) is 15.6. The molecule has 0 aliphatic heterocycles. The van der Waals surface area contributed by atoms with Crippen molar-refractivity contribution in [1.29, 1.82) is 0 Å². The molecule has 1 unspecified atom stereocenters. The van der Waals surface area contributed by atoms with Crippen molar-refractivity contribution in [3.8, 4) is 0 Å². The summed E-state index contributed by atoms with van der Waals surface area (Å²) in [6, 6.07) is 11.2. The summed E-state index contributed by atoms with van der Waals surface area (Å²) in [6.07, 6.45) is 1.22. The fourth-order valence-corrected chi connectivity index (χ4v) is 3.85. The Hall–Kier alpha value is -0.880. The number of thiophene rings is 1. The number of nitrogens with zero attached hydrogens (tertiary/aromatic N) is 1. The summed E-state index contributed by atoms with van der Waals surface area (Å²) in [7, 11) is -1.09. The second-order valence-electron chi connectivity index (χ2n) is 5.14. The van der Waals surface area contributed by atoms with Crippen molar-refractivity contribution < 1.29 is 8.42 Å². The van der Waals surface area contributed by atoms with E-state index in [-0.39, 0.29) is 6.04 Å². The van der Waals surface area contributed by atoms with Crippen LogP contribution in [0.25, 0.3) is 0 Å². The van der Waals surface area contributed by atoms with Gasteiger partial charge in [0.05, 0.1) is 9.23 Å². The molecule has 0 saturated heterocycles. The molecule has 0 fully saturated rings. The molecule has 1 aromatic carbocycles. The normalized spacial score (nSPS) is 13.6. The van der Waals surface area contributed by atoms with Crippen molar-refractivity contribution in [2.45, 2.75) is 24.4 Å². The minimum Gasteiger partial charge on any atom is -0.295 e. The van der Waals surface area contributed by atoms with E-state index < -0.39 is 9.84 Å². The molecule has 2 rings (SSSR count). The van der Waals surface area contributed by atoms with Crippen LogP contribution in [-0.2, 0) is 16.4 Å². The van der Waals surface area contributed by atoms with Gasteiger partial charge < -0.3 is 0 Å². The average Bonchev–Trinajstić information content (AvgIpc) is 2.82. The van der Waals surface area contributed by atoms with Crippen LogP contribution in [0.1, 0.15) is 23.4 Å². The minimum atomic E-state index is -3.14. The summed E-state index contributed by atoms with van der Waals surface area (Å²) in [6.45, 7) is 2.91. The summed E-state index contributed by atoms with van der Waals surface area (Å²) >= 11 is 7.52. The molecule has 3 nitrogen and oxygen atoms in total. The first-order chi connectivity index (χ1) is 9.77. The molecule has 114 valence electrons. The molecule has 0 aliphatic rings. The Balaban J connectivity index is 2.10. The SMILES string of the molecule is CC(c1ccc(S(C)(=O)=O)cc1)N(C)Cc1ccc(Cl)s1. The number of rotatable bonds is 5. The second-order valence-corrected chi connectivity index (χ2v) is 8.95. The van der Waals surface area contributed by atoms with Gasteiger partial charge in [-0.1, -0.05) is 23.7 Å². The molecule has 6 heteroatoms. The number of halogens is 1. The molecule has 1 aromatic heterocycles. The smallest absolute Gasteiger partial charge is 0.175 e. The third kappa shape index (κ3) is 4.30. The van der Waals surface area contributed by atoms with E-state index in [9.17, 15) is 8.42 Å². The Bertz CT molecular complexity index is 708. The van der Waals surface area contributed by atoms with Crippen molar-refractivity contribution in [3.63, 3.8) is 0 Å². The fourth-order valence-electron chi connectivity index (χ4n) is 2.07. The van der Waals surface area contributed by atoms with E-state index in [1.165, 1.54) is 11.1 Å². The van der Waals surface area contributed by atoms with Crippen LogP contribution in [0.2, 0.25) is 4.34 Å². The monoisotopic (exact) mass is 343 g/mol. The molecule has 0 radical (unpaired) electrons. The Morgan fingerprint density at radius 2 is 1.81 bits per heavy atom. The molecule has 0 N–H and O–H groups in total. The van der Waals surface area contributed by atoms with Crippen LogP contribution in [0.3, 0.4) is 0 Å². The van der Waals surface area contributed by atoms with Crippen LogP contribution in [0.4, 0.5) is 0 Å². The number of sulfone groups is 1. The quantitative estimate of drug-likeness (QED) is 0.823. The van der Waals surface area contributed by atoms with Crippen LogP contribution < -0.4 is 0 Å². The van der Waals surface area contributed by atoms with Crippen LogP contribution in [-0.4, -0.2) is 26.6 Å². The highest BCUT2D eigenvalue weighted by Crippen LogP contribution is 2.26. The summed E-state index contributed by atoms with van der Waals surface area (Å²) in [5, 5.41) is 0. The highest BCUT2D eigenvalue weighted by Gasteiger charge is 2.14. The van der Waals surface area contributed by atoms with Gasteiger partial charge in [-0.15, -0.1) is 11.3 Å². The maximum absolute atomic E-state index is 11.5.